The monoisotopic (exact) mass is 263 g/mol. The molecule has 1 fully saturated rings. The molecule has 5 heteroatoms. The highest BCUT2D eigenvalue weighted by Gasteiger charge is 2.21. The summed E-state index contributed by atoms with van der Waals surface area (Å²) in [4.78, 5) is 15.5. The number of hydrogen-bond acceptors (Lipinski definition) is 4. The molecule has 5 nitrogen and oxygen atoms in total. The third kappa shape index (κ3) is 2.59. The number of piperazine rings is 1. The summed E-state index contributed by atoms with van der Waals surface area (Å²) in [7, 11) is 1.64. The van der Waals surface area contributed by atoms with E-state index >= 15 is 0 Å². The predicted octanol–water partition coefficient (Wildman–Crippen LogP) is 1.25. The largest absolute Gasteiger partial charge is 0.494 e. The van der Waals surface area contributed by atoms with Gasteiger partial charge in [0.2, 0.25) is 5.91 Å². The fourth-order valence-corrected chi connectivity index (χ4v) is 2.58. The zero-order valence-corrected chi connectivity index (χ0v) is 11.8. The Bertz CT molecular complexity index is 480. The summed E-state index contributed by atoms with van der Waals surface area (Å²) < 4.78 is 5.35. The lowest BCUT2D eigenvalue weighted by Crippen LogP contribution is -2.48. The summed E-state index contributed by atoms with van der Waals surface area (Å²) in [6.07, 6.45) is 0. The van der Waals surface area contributed by atoms with E-state index in [1.54, 1.807) is 14.0 Å². The maximum Gasteiger partial charge on any atom is 0.219 e. The zero-order valence-electron chi connectivity index (χ0n) is 11.8. The van der Waals surface area contributed by atoms with Crippen molar-refractivity contribution in [1.82, 2.24) is 4.90 Å². The fraction of sp³-hybridized carbons (Fsp3) is 0.500. The first-order chi connectivity index (χ1) is 9.04. The molecule has 0 radical (unpaired) electrons. The smallest absolute Gasteiger partial charge is 0.219 e. The number of benzene rings is 1. The normalized spacial score (nSPS) is 15.5. The molecule has 1 aromatic carbocycles. The molecule has 2 rings (SSSR count). The van der Waals surface area contributed by atoms with Gasteiger partial charge in [-0.1, -0.05) is 0 Å². The molecular formula is C14H21N3O2. The predicted molar refractivity (Wildman–Crippen MR) is 76.6 cm³/mol. The first-order valence-corrected chi connectivity index (χ1v) is 6.48. The van der Waals surface area contributed by atoms with Crippen LogP contribution in [-0.2, 0) is 4.79 Å². The first kappa shape index (κ1) is 13.5. The van der Waals surface area contributed by atoms with Crippen LogP contribution in [0.4, 0.5) is 11.4 Å². The number of nitrogens with two attached hydrogens (primary N) is 1. The summed E-state index contributed by atoms with van der Waals surface area (Å²) in [5.41, 5.74) is 8.74. The molecule has 19 heavy (non-hydrogen) atoms. The van der Waals surface area contributed by atoms with Gasteiger partial charge in [-0.2, -0.15) is 0 Å². The van der Waals surface area contributed by atoms with Gasteiger partial charge in [-0.05, 0) is 19.1 Å². The van der Waals surface area contributed by atoms with Gasteiger partial charge in [0.25, 0.3) is 0 Å². The van der Waals surface area contributed by atoms with Crippen LogP contribution in [0.3, 0.4) is 0 Å². The van der Waals surface area contributed by atoms with Crippen LogP contribution >= 0.6 is 0 Å². The highest BCUT2D eigenvalue weighted by molar-refractivity contribution is 5.74. The van der Waals surface area contributed by atoms with E-state index in [1.165, 1.54) is 0 Å². The topological polar surface area (TPSA) is 58.8 Å². The molecule has 1 saturated heterocycles. The Hall–Kier alpha value is -1.91. The molecule has 1 aliphatic rings. The van der Waals surface area contributed by atoms with Gasteiger partial charge < -0.3 is 20.3 Å². The Balaban J connectivity index is 2.18. The SMILES string of the molecule is COc1c(N)ccc(N2CCN(C(C)=O)CC2)c1C. The quantitative estimate of drug-likeness (QED) is 0.816. The average molecular weight is 263 g/mol. The van der Waals surface area contributed by atoms with E-state index < -0.39 is 0 Å². The number of rotatable bonds is 2. The summed E-state index contributed by atoms with van der Waals surface area (Å²) in [6.45, 7) is 6.85. The molecule has 0 spiro atoms. The number of anilines is 2. The Morgan fingerprint density at radius 3 is 2.42 bits per heavy atom. The first-order valence-electron chi connectivity index (χ1n) is 6.48. The van der Waals surface area contributed by atoms with Crippen molar-refractivity contribution in [3.05, 3.63) is 17.7 Å². The summed E-state index contributed by atoms with van der Waals surface area (Å²) in [5, 5.41) is 0. The van der Waals surface area contributed by atoms with Gasteiger partial charge in [0.05, 0.1) is 12.8 Å². The lowest BCUT2D eigenvalue weighted by atomic mass is 10.1. The van der Waals surface area contributed by atoms with Gasteiger partial charge in [-0.3, -0.25) is 4.79 Å². The summed E-state index contributed by atoms with van der Waals surface area (Å²) in [5.74, 6) is 0.887. The number of carbonyl (C=O) groups excluding carboxylic acids is 1. The lowest BCUT2D eigenvalue weighted by molar-refractivity contribution is -0.129. The van der Waals surface area contributed by atoms with Crippen molar-refractivity contribution in [1.29, 1.82) is 0 Å². The maximum absolute atomic E-state index is 11.3. The molecule has 0 saturated carbocycles. The van der Waals surface area contributed by atoms with Crippen LogP contribution in [0.1, 0.15) is 12.5 Å². The standard InChI is InChI=1S/C14H21N3O2/c1-10-13(5-4-12(15)14(10)19-3)17-8-6-16(7-9-17)11(2)18/h4-5H,6-9,15H2,1-3H3. The minimum Gasteiger partial charge on any atom is -0.494 e. The molecule has 0 aromatic heterocycles. The highest BCUT2D eigenvalue weighted by Crippen LogP contribution is 2.34. The molecule has 1 aromatic rings. The van der Waals surface area contributed by atoms with Gasteiger partial charge in [0.1, 0.15) is 5.75 Å². The lowest BCUT2D eigenvalue weighted by Gasteiger charge is -2.36. The third-order valence-corrected chi connectivity index (χ3v) is 3.68. The minimum atomic E-state index is 0.145. The molecule has 0 aliphatic carbocycles. The summed E-state index contributed by atoms with van der Waals surface area (Å²) >= 11 is 0. The molecule has 0 bridgehead atoms. The maximum atomic E-state index is 11.3. The van der Waals surface area contributed by atoms with Crippen molar-refractivity contribution >= 4 is 17.3 Å². The Kier molecular flexibility index (Phi) is 3.83. The molecular weight excluding hydrogens is 242 g/mol. The van der Waals surface area contributed by atoms with Gasteiger partial charge in [-0.25, -0.2) is 0 Å². The van der Waals surface area contributed by atoms with Crippen LogP contribution in [0.15, 0.2) is 12.1 Å². The van der Waals surface area contributed by atoms with Crippen molar-refractivity contribution in [2.24, 2.45) is 0 Å². The second-order valence-corrected chi connectivity index (χ2v) is 4.83. The van der Waals surface area contributed by atoms with Crippen molar-refractivity contribution in [3.63, 3.8) is 0 Å². The average Bonchev–Trinajstić information content (AvgIpc) is 2.39. The van der Waals surface area contributed by atoms with E-state index in [0.717, 1.165) is 43.2 Å². The van der Waals surface area contributed by atoms with Gasteiger partial charge >= 0.3 is 0 Å². The van der Waals surface area contributed by atoms with Crippen LogP contribution in [0.5, 0.6) is 5.75 Å². The van der Waals surface area contributed by atoms with E-state index in [0.29, 0.717) is 5.69 Å². The molecule has 104 valence electrons. The molecule has 1 amide bonds. The number of nitrogen functional groups attached to an aromatic ring is 1. The van der Waals surface area contributed by atoms with Crippen molar-refractivity contribution < 1.29 is 9.53 Å². The Labute approximate surface area is 113 Å². The van der Waals surface area contributed by atoms with Crippen molar-refractivity contribution in [3.8, 4) is 5.75 Å². The fourth-order valence-electron chi connectivity index (χ4n) is 2.58. The van der Waals surface area contributed by atoms with E-state index in [1.807, 2.05) is 24.0 Å². The van der Waals surface area contributed by atoms with E-state index in [9.17, 15) is 4.79 Å². The number of methoxy groups -OCH3 is 1. The number of amides is 1. The second-order valence-electron chi connectivity index (χ2n) is 4.83. The molecule has 1 aliphatic heterocycles. The Morgan fingerprint density at radius 1 is 1.26 bits per heavy atom. The third-order valence-electron chi connectivity index (χ3n) is 3.68. The highest BCUT2D eigenvalue weighted by atomic mass is 16.5. The van der Waals surface area contributed by atoms with E-state index in [-0.39, 0.29) is 5.91 Å². The van der Waals surface area contributed by atoms with E-state index in [4.69, 9.17) is 10.5 Å². The molecule has 1 heterocycles. The zero-order chi connectivity index (χ0) is 14.0. The summed E-state index contributed by atoms with van der Waals surface area (Å²) in [6, 6.07) is 3.90. The Morgan fingerprint density at radius 2 is 1.89 bits per heavy atom. The van der Waals surface area contributed by atoms with Gasteiger partial charge in [0, 0.05) is 44.4 Å². The van der Waals surface area contributed by atoms with Gasteiger partial charge in [0.15, 0.2) is 0 Å². The van der Waals surface area contributed by atoms with Crippen LogP contribution in [-0.4, -0.2) is 44.1 Å². The van der Waals surface area contributed by atoms with Crippen LogP contribution in [0.2, 0.25) is 0 Å². The minimum absolute atomic E-state index is 0.145. The number of carbonyl (C=O) groups is 1. The van der Waals surface area contributed by atoms with Crippen LogP contribution < -0.4 is 15.4 Å². The molecule has 0 atom stereocenters. The number of nitrogens with zero attached hydrogens (tertiary/aromatic N) is 2. The van der Waals surface area contributed by atoms with Crippen molar-refractivity contribution in [2.45, 2.75) is 13.8 Å². The number of hydrogen-bond donors (Lipinski definition) is 1. The van der Waals surface area contributed by atoms with Crippen LogP contribution in [0.25, 0.3) is 0 Å². The van der Waals surface area contributed by atoms with Crippen molar-refractivity contribution in [2.75, 3.05) is 43.9 Å². The van der Waals surface area contributed by atoms with E-state index in [2.05, 4.69) is 4.90 Å². The second kappa shape index (κ2) is 5.38. The van der Waals surface area contributed by atoms with Crippen LogP contribution in [0, 0.1) is 6.92 Å². The molecule has 2 N–H and O–H groups in total. The molecule has 0 unspecified atom stereocenters. The van der Waals surface area contributed by atoms with Gasteiger partial charge in [-0.15, -0.1) is 0 Å². The number of ether oxygens (including phenoxy) is 1.